The number of guanidine groups is 1. The van der Waals surface area contributed by atoms with Gasteiger partial charge < -0.3 is 20.2 Å². The van der Waals surface area contributed by atoms with Gasteiger partial charge in [0.1, 0.15) is 17.1 Å². The minimum atomic E-state index is -1.02. The molecule has 0 amide bonds. The lowest BCUT2D eigenvalue weighted by atomic mass is 9.93. The van der Waals surface area contributed by atoms with Crippen molar-refractivity contribution in [2.45, 2.75) is 58.6 Å². The molecule has 0 saturated heterocycles. The molecular weight excluding hydrogens is 266 g/mol. The highest BCUT2D eigenvalue weighted by molar-refractivity contribution is 5.80. The molecule has 0 radical (unpaired) electrons. The van der Waals surface area contributed by atoms with Gasteiger partial charge in [0.05, 0.1) is 6.54 Å². The molecule has 1 heterocycles. The fourth-order valence-electron chi connectivity index (χ4n) is 2.55. The predicted octanol–water partition coefficient (Wildman–Crippen LogP) is 2.21. The quantitative estimate of drug-likeness (QED) is 0.575. The van der Waals surface area contributed by atoms with Crippen molar-refractivity contribution in [2.24, 2.45) is 4.99 Å². The summed E-state index contributed by atoms with van der Waals surface area (Å²) in [6, 6.07) is 2.41. The number of furan rings is 1. The standard InChI is InChI=1S/C16H27N3O2/c1-5-17-15(19-13-7-6-8-13)18-10-16(4,20)14-9-11(2)21-12(14)3/h9,13,20H,5-8,10H2,1-4H3,(H2,17,18,19). The van der Waals surface area contributed by atoms with Gasteiger partial charge in [-0.2, -0.15) is 0 Å². The summed E-state index contributed by atoms with van der Waals surface area (Å²) in [5.74, 6) is 2.34. The van der Waals surface area contributed by atoms with Gasteiger partial charge in [0.2, 0.25) is 0 Å². The zero-order chi connectivity index (χ0) is 15.5. The molecule has 1 aromatic rings. The maximum Gasteiger partial charge on any atom is 0.191 e. The van der Waals surface area contributed by atoms with Gasteiger partial charge in [0.15, 0.2) is 5.96 Å². The Morgan fingerprint density at radius 3 is 2.67 bits per heavy atom. The molecule has 1 fully saturated rings. The highest BCUT2D eigenvalue weighted by Gasteiger charge is 2.28. The van der Waals surface area contributed by atoms with Crippen molar-refractivity contribution in [3.63, 3.8) is 0 Å². The minimum Gasteiger partial charge on any atom is -0.466 e. The first-order chi connectivity index (χ1) is 9.92. The predicted molar refractivity (Wildman–Crippen MR) is 84.5 cm³/mol. The number of aliphatic imine (C=N–C) groups is 1. The Balaban J connectivity index is 2.05. The molecule has 5 heteroatoms. The number of nitrogens with one attached hydrogen (secondary N) is 2. The summed E-state index contributed by atoms with van der Waals surface area (Å²) in [7, 11) is 0. The van der Waals surface area contributed by atoms with Crippen LogP contribution in [-0.4, -0.2) is 30.2 Å². The third-order valence-corrected chi connectivity index (χ3v) is 3.96. The summed E-state index contributed by atoms with van der Waals surface area (Å²) in [6.45, 7) is 8.69. The summed E-state index contributed by atoms with van der Waals surface area (Å²) in [6.07, 6.45) is 3.67. The third-order valence-electron chi connectivity index (χ3n) is 3.96. The lowest BCUT2D eigenvalue weighted by molar-refractivity contribution is 0.0656. The molecule has 5 nitrogen and oxygen atoms in total. The summed E-state index contributed by atoms with van der Waals surface area (Å²) in [4.78, 5) is 4.54. The number of hydrogen-bond acceptors (Lipinski definition) is 3. The van der Waals surface area contributed by atoms with Crippen LogP contribution in [0.1, 0.15) is 50.2 Å². The van der Waals surface area contributed by atoms with Crippen molar-refractivity contribution in [1.82, 2.24) is 10.6 Å². The van der Waals surface area contributed by atoms with Crippen LogP contribution in [0.4, 0.5) is 0 Å². The van der Waals surface area contributed by atoms with E-state index in [1.54, 1.807) is 6.92 Å². The first kappa shape index (κ1) is 15.9. The van der Waals surface area contributed by atoms with E-state index in [2.05, 4.69) is 15.6 Å². The van der Waals surface area contributed by atoms with Crippen LogP contribution in [0.15, 0.2) is 15.5 Å². The van der Waals surface area contributed by atoms with Crippen LogP contribution >= 0.6 is 0 Å². The normalized spacial score (nSPS) is 19.0. The highest BCUT2D eigenvalue weighted by Crippen LogP contribution is 2.27. The van der Waals surface area contributed by atoms with Crippen LogP contribution in [0.25, 0.3) is 0 Å². The van der Waals surface area contributed by atoms with Gasteiger partial charge in [-0.15, -0.1) is 0 Å². The van der Waals surface area contributed by atoms with Gasteiger partial charge >= 0.3 is 0 Å². The van der Waals surface area contributed by atoms with Crippen molar-refractivity contribution in [1.29, 1.82) is 0 Å². The lowest BCUT2D eigenvalue weighted by Crippen LogP contribution is -2.46. The smallest absolute Gasteiger partial charge is 0.191 e. The van der Waals surface area contributed by atoms with Crippen LogP contribution in [0, 0.1) is 13.8 Å². The lowest BCUT2D eigenvalue weighted by Gasteiger charge is -2.29. The number of nitrogens with zero attached hydrogens (tertiary/aromatic N) is 1. The largest absolute Gasteiger partial charge is 0.466 e. The van der Waals surface area contributed by atoms with E-state index >= 15 is 0 Å². The SMILES string of the molecule is CCNC(=NCC(C)(O)c1cc(C)oc1C)NC1CCC1. The Morgan fingerprint density at radius 1 is 1.48 bits per heavy atom. The average Bonchev–Trinajstić information content (AvgIpc) is 2.70. The molecule has 0 aromatic carbocycles. The minimum absolute atomic E-state index is 0.300. The molecule has 2 rings (SSSR count). The molecule has 0 spiro atoms. The van der Waals surface area contributed by atoms with Gasteiger partial charge in [-0.3, -0.25) is 0 Å². The molecule has 1 aliphatic carbocycles. The van der Waals surface area contributed by atoms with Crippen LogP contribution in [-0.2, 0) is 5.60 Å². The monoisotopic (exact) mass is 293 g/mol. The fourth-order valence-corrected chi connectivity index (χ4v) is 2.55. The van der Waals surface area contributed by atoms with E-state index in [0.29, 0.717) is 12.6 Å². The van der Waals surface area contributed by atoms with E-state index in [0.717, 1.165) is 29.6 Å². The maximum atomic E-state index is 10.7. The Labute approximate surface area is 126 Å². The zero-order valence-corrected chi connectivity index (χ0v) is 13.5. The van der Waals surface area contributed by atoms with E-state index in [-0.39, 0.29) is 0 Å². The number of rotatable bonds is 5. The van der Waals surface area contributed by atoms with Crippen molar-refractivity contribution in [3.8, 4) is 0 Å². The maximum absolute atomic E-state index is 10.7. The number of hydrogen-bond donors (Lipinski definition) is 3. The molecule has 21 heavy (non-hydrogen) atoms. The summed E-state index contributed by atoms with van der Waals surface area (Å²) < 4.78 is 5.51. The van der Waals surface area contributed by atoms with Gasteiger partial charge in [-0.1, -0.05) is 0 Å². The molecule has 1 aromatic heterocycles. The third kappa shape index (κ3) is 4.00. The summed E-state index contributed by atoms with van der Waals surface area (Å²) in [5, 5.41) is 17.3. The highest BCUT2D eigenvalue weighted by atomic mass is 16.3. The van der Waals surface area contributed by atoms with Gasteiger partial charge in [-0.05, 0) is 53.0 Å². The fraction of sp³-hybridized carbons (Fsp3) is 0.688. The Bertz CT molecular complexity index is 502. The first-order valence-corrected chi connectivity index (χ1v) is 7.77. The summed E-state index contributed by atoms with van der Waals surface area (Å²) in [5.41, 5.74) is -0.215. The summed E-state index contributed by atoms with van der Waals surface area (Å²) >= 11 is 0. The first-order valence-electron chi connectivity index (χ1n) is 7.77. The van der Waals surface area contributed by atoms with E-state index in [4.69, 9.17) is 4.42 Å². The van der Waals surface area contributed by atoms with E-state index in [1.165, 1.54) is 19.3 Å². The average molecular weight is 293 g/mol. The molecular formula is C16H27N3O2. The second-order valence-corrected chi connectivity index (χ2v) is 6.07. The molecule has 1 atom stereocenters. The Hall–Kier alpha value is -1.49. The van der Waals surface area contributed by atoms with Crippen LogP contribution in [0.2, 0.25) is 0 Å². The molecule has 1 aliphatic rings. The molecule has 118 valence electrons. The van der Waals surface area contributed by atoms with Gasteiger partial charge in [0, 0.05) is 18.2 Å². The second kappa shape index (κ2) is 6.52. The van der Waals surface area contributed by atoms with Crippen molar-refractivity contribution < 1.29 is 9.52 Å². The van der Waals surface area contributed by atoms with Crippen molar-refractivity contribution >= 4 is 5.96 Å². The molecule has 0 aliphatic heterocycles. The number of aliphatic hydroxyl groups is 1. The van der Waals surface area contributed by atoms with Gasteiger partial charge in [0.25, 0.3) is 0 Å². The van der Waals surface area contributed by atoms with Crippen LogP contribution < -0.4 is 10.6 Å². The van der Waals surface area contributed by atoms with Crippen molar-refractivity contribution in [2.75, 3.05) is 13.1 Å². The molecule has 3 N–H and O–H groups in total. The second-order valence-electron chi connectivity index (χ2n) is 6.07. The van der Waals surface area contributed by atoms with Crippen LogP contribution in [0.3, 0.4) is 0 Å². The Kier molecular flexibility index (Phi) is 4.93. The Morgan fingerprint density at radius 2 is 2.19 bits per heavy atom. The number of aryl methyl sites for hydroxylation is 2. The molecule has 0 bridgehead atoms. The topological polar surface area (TPSA) is 69.8 Å². The zero-order valence-electron chi connectivity index (χ0n) is 13.5. The van der Waals surface area contributed by atoms with Crippen molar-refractivity contribution in [3.05, 3.63) is 23.2 Å². The van der Waals surface area contributed by atoms with Gasteiger partial charge in [-0.25, -0.2) is 4.99 Å². The molecule has 1 saturated carbocycles. The van der Waals surface area contributed by atoms with E-state index in [1.807, 2.05) is 26.8 Å². The van der Waals surface area contributed by atoms with E-state index < -0.39 is 5.60 Å². The molecule has 1 unspecified atom stereocenters. The van der Waals surface area contributed by atoms with Crippen LogP contribution in [0.5, 0.6) is 0 Å². The van der Waals surface area contributed by atoms with E-state index in [9.17, 15) is 5.11 Å².